The molecule has 0 aromatic heterocycles. The summed E-state index contributed by atoms with van der Waals surface area (Å²) in [6, 6.07) is 7.98. The molecule has 3 nitrogen and oxygen atoms in total. The summed E-state index contributed by atoms with van der Waals surface area (Å²) in [5.74, 6) is 1.28. The quantitative estimate of drug-likeness (QED) is 0.785. The molecule has 0 radical (unpaired) electrons. The van der Waals surface area contributed by atoms with Crippen molar-refractivity contribution in [3.63, 3.8) is 0 Å². The van der Waals surface area contributed by atoms with Crippen molar-refractivity contribution in [2.24, 2.45) is 0 Å². The molecule has 3 heteroatoms. The number of rotatable bonds is 6. The van der Waals surface area contributed by atoms with Gasteiger partial charge in [0, 0.05) is 24.4 Å². The lowest BCUT2D eigenvalue weighted by Crippen LogP contribution is -2.26. The van der Waals surface area contributed by atoms with Crippen LogP contribution in [0.15, 0.2) is 24.3 Å². The molecule has 0 bridgehead atoms. The minimum Gasteiger partial charge on any atom is -0.493 e. The highest BCUT2D eigenvalue weighted by molar-refractivity contribution is 5.77. The molecule has 1 heterocycles. The maximum absolute atomic E-state index is 11.8. The van der Waals surface area contributed by atoms with Crippen LogP contribution in [0.2, 0.25) is 0 Å². The van der Waals surface area contributed by atoms with E-state index < -0.39 is 0 Å². The van der Waals surface area contributed by atoms with Gasteiger partial charge in [0.25, 0.3) is 0 Å². The third-order valence-corrected chi connectivity index (χ3v) is 3.33. The number of benzene rings is 1. The van der Waals surface area contributed by atoms with Crippen LogP contribution in [0.1, 0.15) is 44.1 Å². The normalized spacial score (nSPS) is 17.1. The fourth-order valence-corrected chi connectivity index (χ4v) is 2.30. The molecule has 2 rings (SSSR count). The molecule has 98 valence electrons. The molecule has 1 aromatic carbocycles. The first kappa shape index (κ1) is 12.9. The van der Waals surface area contributed by atoms with Gasteiger partial charge in [-0.3, -0.25) is 4.79 Å². The molecular formula is C15H21NO2. The van der Waals surface area contributed by atoms with Crippen molar-refractivity contribution < 1.29 is 9.53 Å². The summed E-state index contributed by atoms with van der Waals surface area (Å²) in [5, 5.41) is 2.98. The van der Waals surface area contributed by atoms with Crippen molar-refractivity contribution in [3.05, 3.63) is 29.8 Å². The molecule has 1 amide bonds. The van der Waals surface area contributed by atoms with Crippen LogP contribution >= 0.6 is 0 Å². The van der Waals surface area contributed by atoms with E-state index in [4.69, 9.17) is 4.74 Å². The number of unbranched alkanes of at least 4 members (excludes halogenated alkanes) is 2. The third kappa shape index (κ3) is 3.25. The van der Waals surface area contributed by atoms with Crippen molar-refractivity contribution in [2.45, 2.75) is 38.5 Å². The number of carbonyl (C=O) groups is 1. The van der Waals surface area contributed by atoms with Gasteiger partial charge in [0.1, 0.15) is 5.75 Å². The topological polar surface area (TPSA) is 38.3 Å². The lowest BCUT2D eigenvalue weighted by Gasteiger charge is -2.09. The number of para-hydroxylation sites is 1. The summed E-state index contributed by atoms with van der Waals surface area (Å²) in [6.45, 7) is 3.58. The molecule has 1 unspecified atom stereocenters. The average Bonchev–Trinajstić information content (AvgIpc) is 2.78. The number of hydrogen-bond donors (Lipinski definition) is 1. The minimum atomic E-state index is 0.136. The number of hydrogen-bond acceptors (Lipinski definition) is 2. The smallest absolute Gasteiger partial charge is 0.220 e. The Balaban J connectivity index is 1.79. The molecule has 18 heavy (non-hydrogen) atoms. The molecule has 1 aromatic rings. The second-order valence-electron chi connectivity index (χ2n) is 4.81. The van der Waals surface area contributed by atoms with Gasteiger partial charge in [-0.05, 0) is 12.5 Å². The lowest BCUT2D eigenvalue weighted by molar-refractivity contribution is -0.121. The highest BCUT2D eigenvalue weighted by atomic mass is 16.5. The number of nitrogens with one attached hydrogen (secondary N) is 1. The molecular weight excluding hydrogens is 226 g/mol. The van der Waals surface area contributed by atoms with Crippen LogP contribution in [0.3, 0.4) is 0 Å². The summed E-state index contributed by atoms with van der Waals surface area (Å²) >= 11 is 0. The second-order valence-corrected chi connectivity index (χ2v) is 4.81. The fraction of sp³-hybridized carbons (Fsp3) is 0.533. The average molecular weight is 247 g/mol. The fourth-order valence-electron chi connectivity index (χ4n) is 2.30. The van der Waals surface area contributed by atoms with Gasteiger partial charge in [-0.2, -0.15) is 0 Å². The zero-order valence-corrected chi connectivity index (χ0v) is 10.9. The number of fused-ring (bicyclic) bond motifs is 1. The van der Waals surface area contributed by atoms with E-state index in [1.807, 2.05) is 18.2 Å². The zero-order chi connectivity index (χ0) is 12.8. The second kappa shape index (κ2) is 6.43. The van der Waals surface area contributed by atoms with Gasteiger partial charge >= 0.3 is 0 Å². The van der Waals surface area contributed by atoms with Gasteiger partial charge in [0.15, 0.2) is 0 Å². The van der Waals surface area contributed by atoms with E-state index in [-0.39, 0.29) is 11.8 Å². The van der Waals surface area contributed by atoms with E-state index in [2.05, 4.69) is 18.3 Å². The van der Waals surface area contributed by atoms with Crippen molar-refractivity contribution in [3.8, 4) is 5.75 Å². The number of amides is 1. The van der Waals surface area contributed by atoms with Gasteiger partial charge < -0.3 is 10.1 Å². The van der Waals surface area contributed by atoms with E-state index in [0.717, 1.165) is 18.7 Å². The Morgan fingerprint density at radius 1 is 1.39 bits per heavy atom. The van der Waals surface area contributed by atoms with Crippen LogP contribution in [0, 0.1) is 0 Å². The molecule has 0 saturated carbocycles. The molecule has 0 aliphatic carbocycles. The molecule has 0 spiro atoms. The number of ether oxygens (including phenoxy) is 1. The first-order valence-corrected chi connectivity index (χ1v) is 6.79. The van der Waals surface area contributed by atoms with E-state index in [0.29, 0.717) is 13.0 Å². The molecule has 1 aliphatic heterocycles. The third-order valence-electron chi connectivity index (χ3n) is 3.33. The lowest BCUT2D eigenvalue weighted by atomic mass is 9.97. The Labute approximate surface area is 109 Å². The van der Waals surface area contributed by atoms with E-state index in [1.165, 1.54) is 18.4 Å². The molecule has 1 atom stereocenters. The van der Waals surface area contributed by atoms with Crippen LogP contribution in [0.25, 0.3) is 0 Å². The Morgan fingerprint density at radius 3 is 3.06 bits per heavy atom. The van der Waals surface area contributed by atoms with E-state index in [1.54, 1.807) is 0 Å². The summed E-state index contributed by atoms with van der Waals surface area (Å²) in [4.78, 5) is 11.8. The summed E-state index contributed by atoms with van der Waals surface area (Å²) < 4.78 is 5.57. The van der Waals surface area contributed by atoms with Crippen molar-refractivity contribution in [1.29, 1.82) is 0 Å². The van der Waals surface area contributed by atoms with Crippen molar-refractivity contribution in [2.75, 3.05) is 13.2 Å². The number of carbonyl (C=O) groups excluding carboxylic acids is 1. The molecule has 1 aliphatic rings. The van der Waals surface area contributed by atoms with Gasteiger partial charge in [-0.15, -0.1) is 0 Å². The predicted molar refractivity (Wildman–Crippen MR) is 71.8 cm³/mol. The minimum absolute atomic E-state index is 0.136. The van der Waals surface area contributed by atoms with Crippen LogP contribution < -0.4 is 10.1 Å². The summed E-state index contributed by atoms with van der Waals surface area (Å²) in [7, 11) is 0. The SMILES string of the molecule is CCCCCNC(=O)CC1COc2ccccc21. The Hall–Kier alpha value is -1.51. The van der Waals surface area contributed by atoms with Gasteiger partial charge in [-0.1, -0.05) is 38.0 Å². The maximum atomic E-state index is 11.8. The van der Waals surface area contributed by atoms with Crippen LogP contribution in [0.5, 0.6) is 5.75 Å². The summed E-state index contributed by atoms with van der Waals surface area (Å²) in [5.41, 5.74) is 1.17. The first-order valence-electron chi connectivity index (χ1n) is 6.79. The first-order chi connectivity index (χ1) is 8.81. The van der Waals surface area contributed by atoms with Crippen LogP contribution in [-0.2, 0) is 4.79 Å². The maximum Gasteiger partial charge on any atom is 0.220 e. The highest BCUT2D eigenvalue weighted by Gasteiger charge is 2.25. The standard InChI is InChI=1S/C15H21NO2/c1-2-3-6-9-16-15(17)10-12-11-18-14-8-5-4-7-13(12)14/h4-5,7-8,12H,2-3,6,9-11H2,1H3,(H,16,17). The van der Waals surface area contributed by atoms with Crippen molar-refractivity contribution >= 4 is 5.91 Å². The van der Waals surface area contributed by atoms with Crippen molar-refractivity contribution in [1.82, 2.24) is 5.32 Å². The zero-order valence-electron chi connectivity index (χ0n) is 10.9. The van der Waals surface area contributed by atoms with Gasteiger partial charge in [-0.25, -0.2) is 0 Å². The molecule has 0 saturated heterocycles. The highest BCUT2D eigenvalue weighted by Crippen LogP contribution is 2.35. The van der Waals surface area contributed by atoms with E-state index >= 15 is 0 Å². The monoisotopic (exact) mass is 247 g/mol. The molecule has 0 fully saturated rings. The van der Waals surface area contributed by atoms with Gasteiger partial charge in [0.2, 0.25) is 5.91 Å². The predicted octanol–water partition coefficient (Wildman–Crippen LogP) is 2.86. The van der Waals surface area contributed by atoms with Crippen LogP contribution in [0.4, 0.5) is 0 Å². The van der Waals surface area contributed by atoms with Crippen LogP contribution in [-0.4, -0.2) is 19.1 Å². The Morgan fingerprint density at radius 2 is 2.22 bits per heavy atom. The Bertz CT molecular complexity index is 403. The van der Waals surface area contributed by atoms with E-state index in [9.17, 15) is 4.79 Å². The van der Waals surface area contributed by atoms with Gasteiger partial charge in [0.05, 0.1) is 6.61 Å². The Kier molecular flexibility index (Phi) is 4.62. The summed E-state index contributed by atoms with van der Waals surface area (Å²) in [6.07, 6.45) is 3.96. The molecule has 1 N–H and O–H groups in total. The largest absolute Gasteiger partial charge is 0.493 e.